The average molecular weight is 219 g/mol. The normalized spacial score (nSPS) is 11.0. The largest absolute Gasteiger partial charge is 0.355 e. The molecule has 0 saturated heterocycles. The third-order valence-corrected chi connectivity index (χ3v) is 2.26. The highest BCUT2D eigenvalue weighted by molar-refractivity contribution is 5.36. The van der Waals surface area contributed by atoms with Crippen LogP contribution in [-0.2, 0) is 7.05 Å². The molecule has 0 aliphatic carbocycles. The van der Waals surface area contributed by atoms with Crippen molar-refractivity contribution in [3.8, 4) is 5.82 Å². The van der Waals surface area contributed by atoms with E-state index in [-0.39, 0.29) is 0 Å². The molecule has 0 amide bonds. The van der Waals surface area contributed by atoms with Crippen LogP contribution in [-0.4, -0.2) is 25.9 Å². The van der Waals surface area contributed by atoms with Crippen molar-refractivity contribution in [1.29, 1.82) is 0 Å². The van der Waals surface area contributed by atoms with E-state index >= 15 is 0 Å². The van der Waals surface area contributed by atoms with Gasteiger partial charge in [-0.05, 0) is 5.92 Å². The van der Waals surface area contributed by atoms with Gasteiger partial charge in [0.2, 0.25) is 5.95 Å². The number of hydrogen-bond donors (Lipinski definition) is 1. The first-order valence-corrected chi connectivity index (χ1v) is 5.44. The van der Waals surface area contributed by atoms with Crippen molar-refractivity contribution in [3.63, 3.8) is 0 Å². The van der Waals surface area contributed by atoms with Gasteiger partial charge in [0.05, 0.1) is 0 Å². The van der Waals surface area contributed by atoms with Crippen LogP contribution in [0.25, 0.3) is 5.82 Å². The molecule has 0 radical (unpaired) electrons. The minimum absolute atomic E-state index is 0.592. The van der Waals surface area contributed by atoms with Crippen LogP contribution in [0.1, 0.15) is 13.8 Å². The lowest BCUT2D eigenvalue weighted by Gasteiger charge is -2.09. The predicted molar refractivity (Wildman–Crippen MR) is 63.7 cm³/mol. The average Bonchev–Trinajstić information content (AvgIpc) is 2.82. The summed E-state index contributed by atoms with van der Waals surface area (Å²) < 4.78 is 3.73. The molecular formula is C11H17N5. The summed E-state index contributed by atoms with van der Waals surface area (Å²) >= 11 is 0. The maximum atomic E-state index is 4.34. The van der Waals surface area contributed by atoms with Gasteiger partial charge in [-0.15, -0.1) is 0 Å². The Morgan fingerprint density at radius 1 is 1.38 bits per heavy atom. The van der Waals surface area contributed by atoms with Gasteiger partial charge in [-0.3, -0.25) is 9.25 Å². The fourth-order valence-electron chi connectivity index (χ4n) is 1.45. The quantitative estimate of drug-likeness (QED) is 0.851. The highest BCUT2D eigenvalue weighted by Gasteiger charge is 2.06. The molecule has 0 saturated carbocycles. The highest BCUT2D eigenvalue weighted by Crippen LogP contribution is 2.12. The number of hydrogen-bond acceptors (Lipinski definition) is 3. The molecule has 0 unspecified atom stereocenters. The summed E-state index contributed by atoms with van der Waals surface area (Å²) in [5.41, 5.74) is 0. The molecule has 1 N–H and O–H groups in total. The Hall–Kier alpha value is -1.78. The molecule has 0 spiro atoms. The summed E-state index contributed by atoms with van der Waals surface area (Å²) in [5.74, 6) is 2.31. The topological polar surface area (TPSA) is 47.7 Å². The van der Waals surface area contributed by atoms with Gasteiger partial charge >= 0.3 is 0 Å². The van der Waals surface area contributed by atoms with Crippen molar-refractivity contribution < 1.29 is 0 Å². The van der Waals surface area contributed by atoms with E-state index in [4.69, 9.17) is 0 Å². The number of imidazole rings is 1. The lowest BCUT2D eigenvalue weighted by molar-refractivity contribution is 0.682. The van der Waals surface area contributed by atoms with Gasteiger partial charge in [0.1, 0.15) is 0 Å². The van der Waals surface area contributed by atoms with Gasteiger partial charge in [0.15, 0.2) is 5.82 Å². The fourth-order valence-corrected chi connectivity index (χ4v) is 1.45. The van der Waals surface area contributed by atoms with Crippen LogP contribution in [0, 0.1) is 5.92 Å². The zero-order valence-corrected chi connectivity index (χ0v) is 9.88. The molecule has 2 aromatic rings. The Morgan fingerprint density at radius 2 is 2.19 bits per heavy atom. The van der Waals surface area contributed by atoms with Gasteiger partial charge in [-0.2, -0.15) is 5.10 Å². The fraction of sp³-hybridized carbons (Fsp3) is 0.455. The van der Waals surface area contributed by atoms with E-state index in [0.717, 1.165) is 18.3 Å². The van der Waals surface area contributed by atoms with E-state index < -0.39 is 0 Å². The van der Waals surface area contributed by atoms with Crippen LogP contribution in [0.5, 0.6) is 0 Å². The Labute approximate surface area is 95.1 Å². The number of rotatable bonds is 4. The van der Waals surface area contributed by atoms with Crippen LogP contribution >= 0.6 is 0 Å². The van der Waals surface area contributed by atoms with Crippen LogP contribution in [0.3, 0.4) is 0 Å². The number of aromatic nitrogens is 4. The smallest absolute Gasteiger partial charge is 0.208 e. The maximum absolute atomic E-state index is 4.34. The molecule has 16 heavy (non-hydrogen) atoms. The van der Waals surface area contributed by atoms with Crippen LogP contribution in [0.15, 0.2) is 24.7 Å². The number of nitrogens with one attached hydrogen (secondary N) is 1. The number of aryl methyl sites for hydroxylation is 1. The SMILES string of the molecule is CC(C)CNc1nccn1-c1ccn(C)n1. The summed E-state index contributed by atoms with van der Waals surface area (Å²) in [6.45, 7) is 5.24. The molecule has 0 aliphatic heterocycles. The summed E-state index contributed by atoms with van der Waals surface area (Å²) in [6, 6.07) is 1.96. The van der Waals surface area contributed by atoms with Gasteiger partial charge in [0, 0.05) is 38.2 Å². The molecule has 0 aliphatic rings. The second kappa shape index (κ2) is 4.38. The second-order valence-corrected chi connectivity index (χ2v) is 4.24. The molecule has 2 rings (SSSR count). The molecule has 0 aromatic carbocycles. The summed E-state index contributed by atoms with van der Waals surface area (Å²) in [4.78, 5) is 4.28. The summed E-state index contributed by atoms with van der Waals surface area (Å²) in [7, 11) is 1.90. The zero-order chi connectivity index (χ0) is 11.5. The van der Waals surface area contributed by atoms with Crippen LogP contribution < -0.4 is 5.32 Å². The van der Waals surface area contributed by atoms with E-state index in [1.54, 1.807) is 10.9 Å². The Bertz CT molecular complexity index is 454. The van der Waals surface area contributed by atoms with Gasteiger partial charge < -0.3 is 5.32 Å². The first kappa shape index (κ1) is 10.7. The van der Waals surface area contributed by atoms with Crippen molar-refractivity contribution in [3.05, 3.63) is 24.7 Å². The Balaban J connectivity index is 2.19. The van der Waals surface area contributed by atoms with Crippen molar-refractivity contribution in [2.75, 3.05) is 11.9 Å². The third-order valence-electron chi connectivity index (χ3n) is 2.26. The van der Waals surface area contributed by atoms with Gasteiger partial charge in [-0.25, -0.2) is 4.98 Å². The predicted octanol–water partition coefficient (Wildman–Crippen LogP) is 1.67. The molecule has 0 fully saturated rings. The maximum Gasteiger partial charge on any atom is 0.208 e. The monoisotopic (exact) mass is 219 g/mol. The van der Waals surface area contributed by atoms with E-state index in [2.05, 4.69) is 29.2 Å². The Kier molecular flexibility index (Phi) is 2.94. The minimum atomic E-state index is 0.592. The first-order chi connectivity index (χ1) is 7.66. The second-order valence-electron chi connectivity index (χ2n) is 4.24. The number of anilines is 1. The first-order valence-electron chi connectivity index (χ1n) is 5.44. The standard InChI is InChI=1S/C11H17N5/c1-9(2)8-13-11-12-5-7-16(11)10-4-6-15(3)14-10/h4-7,9H,8H2,1-3H3,(H,12,13). The molecule has 5 nitrogen and oxygen atoms in total. The number of nitrogens with zero attached hydrogens (tertiary/aromatic N) is 4. The van der Waals surface area contributed by atoms with E-state index in [1.807, 2.05) is 30.1 Å². The third kappa shape index (κ3) is 2.24. The molecule has 86 valence electrons. The molecule has 2 aromatic heterocycles. The molecule has 0 bridgehead atoms. The summed E-state index contributed by atoms with van der Waals surface area (Å²) in [5, 5.41) is 7.64. The zero-order valence-electron chi connectivity index (χ0n) is 9.88. The van der Waals surface area contributed by atoms with Crippen molar-refractivity contribution in [2.45, 2.75) is 13.8 Å². The van der Waals surface area contributed by atoms with Crippen molar-refractivity contribution >= 4 is 5.95 Å². The van der Waals surface area contributed by atoms with Crippen LogP contribution in [0.4, 0.5) is 5.95 Å². The van der Waals surface area contributed by atoms with Crippen molar-refractivity contribution in [1.82, 2.24) is 19.3 Å². The minimum Gasteiger partial charge on any atom is -0.355 e. The van der Waals surface area contributed by atoms with Gasteiger partial charge in [0.25, 0.3) is 0 Å². The Morgan fingerprint density at radius 3 is 2.81 bits per heavy atom. The van der Waals surface area contributed by atoms with Gasteiger partial charge in [-0.1, -0.05) is 13.8 Å². The molecule has 2 heterocycles. The lowest BCUT2D eigenvalue weighted by atomic mass is 10.2. The van der Waals surface area contributed by atoms with E-state index in [0.29, 0.717) is 5.92 Å². The molecule has 5 heteroatoms. The highest BCUT2D eigenvalue weighted by atomic mass is 15.3. The lowest BCUT2D eigenvalue weighted by Crippen LogP contribution is -2.12. The summed E-state index contributed by atoms with van der Waals surface area (Å²) in [6.07, 6.45) is 5.60. The van der Waals surface area contributed by atoms with Crippen molar-refractivity contribution in [2.24, 2.45) is 13.0 Å². The molecular weight excluding hydrogens is 202 g/mol. The van der Waals surface area contributed by atoms with Crippen LogP contribution in [0.2, 0.25) is 0 Å². The van der Waals surface area contributed by atoms with E-state index in [9.17, 15) is 0 Å². The molecule has 0 atom stereocenters. The van der Waals surface area contributed by atoms with E-state index in [1.165, 1.54) is 0 Å².